The van der Waals surface area contributed by atoms with Crippen LogP contribution in [0.5, 0.6) is 0 Å². The summed E-state index contributed by atoms with van der Waals surface area (Å²) < 4.78 is 18.5. The molecule has 0 unspecified atom stereocenters. The van der Waals surface area contributed by atoms with E-state index in [1.807, 2.05) is 0 Å². The standard InChI is InChI=1S/C17H20BrFN2O4/c1-10(18)7-15(17(24)25-3)21-16(23)14(20-11(2)22)9-12-5-4-6-13(19)8-12/h4-6,8,14-15H,1,7,9H2,2-3H3,(H,20,22)(H,21,23)/t14-,15+/m1/s1. The van der Waals surface area contributed by atoms with Crippen LogP contribution >= 0.6 is 15.9 Å². The Morgan fingerprint density at radius 3 is 2.48 bits per heavy atom. The quantitative estimate of drug-likeness (QED) is 0.635. The number of rotatable bonds is 8. The number of hydrogen-bond donors (Lipinski definition) is 2. The molecule has 2 atom stereocenters. The van der Waals surface area contributed by atoms with E-state index in [0.29, 0.717) is 10.0 Å². The molecule has 8 heteroatoms. The van der Waals surface area contributed by atoms with Crippen molar-refractivity contribution in [3.8, 4) is 0 Å². The van der Waals surface area contributed by atoms with Crippen LogP contribution in [0.2, 0.25) is 0 Å². The lowest BCUT2D eigenvalue weighted by atomic mass is 10.0. The fraction of sp³-hybridized carbons (Fsp3) is 0.353. The maximum Gasteiger partial charge on any atom is 0.328 e. The largest absolute Gasteiger partial charge is 0.467 e. The number of amides is 2. The van der Waals surface area contributed by atoms with Crippen LogP contribution in [0.15, 0.2) is 35.3 Å². The molecule has 0 aromatic heterocycles. The molecule has 0 radical (unpaired) electrons. The highest BCUT2D eigenvalue weighted by molar-refractivity contribution is 9.11. The smallest absolute Gasteiger partial charge is 0.328 e. The van der Waals surface area contributed by atoms with Gasteiger partial charge in [0.25, 0.3) is 0 Å². The van der Waals surface area contributed by atoms with Gasteiger partial charge in [0.1, 0.15) is 17.9 Å². The van der Waals surface area contributed by atoms with E-state index in [-0.39, 0.29) is 12.8 Å². The molecule has 0 aliphatic rings. The predicted octanol–water partition coefficient (Wildman–Crippen LogP) is 1.83. The van der Waals surface area contributed by atoms with E-state index in [1.54, 1.807) is 6.07 Å². The van der Waals surface area contributed by atoms with Gasteiger partial charge in [-0.3, -0.25) is 9.59 Å². The molecule has 1 aromatic rings. The van der Waals surface area contributed by atoms with Crippen molar-refractivity contribution in [2.45, 2.75) is 31.8 Å². The van der Waals surface area contributed by atoms with Gasteiger partial charge in [0.15, 0.2) is 0 Å². The van der Waals surface area contributed by atoms with Crippen LogP contribution in [0.3, 0.4) is 0 Å². The molecule has 0 aliphatic carbocycles. The molecule has 0 saturated carbocycles. The summed E-state index contributed by atoms with van der Waals surface area (Å²) in [7, 11) is 1.20. The van der Waals surface area contributed by atoms with Gasteiger partial charge in [-0.15, -0.1) is 0 Å². The Kier molecular flexibility index (Phi) is 8.27. The van der Waals surface area contributed by atoms with Crippen molar-refractivity contribution in [2.24, 2.45) is 0 Å². The summed E-state index contributed by atoms with van der Waals surface area (Å²) in [6, 6.07) is 3.80. The first-order chi connectivity index (χ1) is 11.7. The molecule has 0 saturated heterocycles. The highest BCUT2D eigenvalue weighted by atomic mass is 79.9. The number of halogens is 2. The Balaban J connectivity index is 2.92. The maximum absolute atomic E-state index is 13.3. The molecule has 25 heavy (non-hydrogen) atoms. The Bertz CT molecular complexity index is 666. The molecule has 2 amide bonds. The van der Waals surface area contributed by atoms with Crippen LogP contribution in [0.1, 0.15) is 18.9 Å². The van der Waals surface area contributed by atoms with Gasteiger partial charge >= 0.3 is 5.97 Å². The highest BCUT2D eigenvalue weighted by Gasteiger charge is 2.27. The molecule has 1 aromatic carbocycles. The van der Waals surface area contributed by atoms with Gasteiger partial charge in [0.05, 0.1) is 7.11 Å². The molecule has 0 aliphatic heterocycles. The number of carbonyl (C=O) groups excluding carboxylic acids is 3. The summed E-state index contributed by atoms with van der Waals surface area (Å²) in [5.41, 5.74) is 0.536. The summed E-state index contributed by atoms with van der Waals surface area (Å²) in [6.07, 6.45) is 0.206. The van der Waals surface area contributed by atoms with Crippen molar-refractivity contribution in [2.75, 3.05) is 7.11 Å². The van der Waals surface area contributed by atoms with Gasteiger partial charge in [-0.05, 0) is 22.2 Å². The van der Waals surface area contributed by atoms with E-state index in [0.717, 1.165) is 0 Å². The first-order valence-electron chi connectivity index (χ1n) is 7.46. The molecule has 0 heterocycles. The van der Waals surface area contributed by atoms with Gasteiger partial charge in [-0.1, -0.05) is 34.6 Å². The molecule has 1 rings (SSSR count). The summed E-state index contributed by atoms with van der Waals surface area (Å²) in [4.78, 5) is 35.7. The zero-order valence-corrected chi connectivity index (χ0v) is 15.6. The van der Waals surface area contributed by atoms with E-state index in [1.165, 1.54) is 32.2 Å². The lowest BCUT2D eigenvalue weighted by Gasteiger charge is -2.22. The number of methoxy groups -OCH3 is 1. The lowest BCUT2D eigenvalue weighted by molar-refractivity contribution is -0.145. The Labute approximate surface area is 153 Å². The fourth-order valence-corrected chi connectivity index (χ4v) is 2.51. The normalized spacial score (nSPS) is 12.6. The van der Waals surface area contributed by atoms with E-state index >= 15 is 0 Å². The maximum atomic E-state index is 13.3. The minimum atomic E-state index is -0.963. The summed E-state index contributed by atoms with van der Waals surface area (Å²) in [5, 5.41) is 5.03. The molecular weight excluding hydrogens is 395 g/mol. The average Bonchev–Trinajstić information content (AvgIpc) is 2.52. The van der Waals surface area contributed by atoms with Gasteiger partial charge in [0.2, 0.25) is 11.8 Å². The van der Waals surface area contributed by atoms with Crippen LogP contribution < -0.4 is 10.6 Å². The van der Waals surface area contributed by atoms with Gasteiger partial charge < -0.3 is 15.4 Å². The molecular formula is C17H20BrFN2O4. The first kappa shape index (κ1) is 20.8. The number of carbonyl (C=O) groups is 3. The second-order valence-electron chi connectivity index (χ2n) is 5.39. The molecule has 0 fully saturated rings. The Morgan fingerprint density at radius 2 is 1.96 bits per heavy atom. The molecule has 0 spiro atoms. The number of nitrogens with one attached hydrogen (secondary N) is 2. The van der Waals surface area contributed by atoms with Crippen LogP contribution in [-0.4, -0.2) is 37.0 Å². The Morgan fingerprint density at radius 1 is 1.28 bits per heavy atom. The van der Waals surface area contributed by atoms with Gasteiger partial charge in [-0.25, -0.2) is 9.18 Å². The number of esters is 1. The zero-order chi connectivity index (χ0) is 19.0. The summed E-state index contributed by atoms with van der Waals surface area (Å²) in [5.74, 6) is -2.08. The van der Waals surface area contributed by atoms with Crippen molar-refractivity contribution in [3.63, 3.8) is 0 Å². The van der Waals surface area contributed by atoms with Crippen LogP contribution in [0, 0.1) is 5.82 Å². The molecule has 6 nitrogen and oxygen atoms in total. The van der Waals surface area contributed by atoms with Crippen LogP contribution in [0.4, 0.5) is 4.39 Å². The third-order valence-corrected chi connectivity index (χ3v) is 3.57. The van der Waals surface area contributed by atoms with Crippen LogP contribution in [0.25, 0.3) is 0 Å². The van der Waals surface area contributed by atoms with Crippen molar-refractivity contribution < 1.29 is 23.5 Å². The third kappa shape index (κ3) is 7.47. The molecule has 0 bridgehead atoms. The summed E-state index contributed by atoms with van der Waals surface area (Å²) >= 11 is 3.14. The van der Waals surface area contributed by atoms with Crippen LogP contribution in [-0.2, 0) is 25.5 Å². The number of ether oxygens (including phenoxy) is 1. The van der Waals surface area contributed by atoms with Crippen molar-refractivity contribution in [3.05, 3.63) is 46.7 Å². The predicted molar refractivity (Wildman–Crippen MR) is 94.3 cm³/mol. The van der Waals surface area contributed by atoms with Gasteiger partial charge in [-0.2, -0.15) is 0 Å². The fourth-order valence-electron chi connectivity index (χ4n) is 2.18. The lowest BCUT2D eigenvalue weighted by Crippen LogP contribution is -2.52. The highest BCUT2D eigenvalue weighted by Crippen LogP contribution is 2.12. The van der Waals surface area contributed by atoms with E-state index in [2.05, 4.69) is 37.9 Å². The minimum Gasteiger partial charge on any atom is -0.467 e. The van der Waals surface area contributed by atoms with E-state index in [4.69, 9.17) is 0 Å². The van der Waals surface area contributed by atoms with E-state index in [9.17, 15) is 18.8 Å². The molecule has 2 N–H and O–H groups in total. The van der Waals surface area contributed by atoms with Crippen molar-refractivity contribution in [1.82, 2.24) is 10.6 Å². The van der Waals surface area contributed by atoms with Crippen molar-refractivity contribution >= 4 is 33.7 Å². The number of benzene rings is 1. The Hall–Kier alpha value is -2.22. The molecule has 136 valence electrons. The second-order valence-corrected chi connectivity index (χ2v) is 6.51. The first-order valence-corrected chi connectivity index (χ1v) is 8.25. The SMILES string of the molecule is C=C(Br)C[C@H](NC(=O)[C@@H](Cc1cccc(F)c1)NC(C)=O)C(=O)OC. The van der Waals surface area contributed by atoms with Gasteiger partial charge in [0, 0.05) is 19.8 Å². The topological polar surface area (TPSA) is 84.5 Å². The summed E-state index contributed by atoms with van der Waals surface area (Å²) in [6.45, 7) is 4.90. The van der Waals surface area contributed by atoms with E-state index < -0.39 is 35.7 Å². The minimum absolute atomic E-state index is 0.0757. The monoisotopic (exact) mass is 414 g/mol. The third-order valence-electron chi connectivity index (χ3n) is 3.25. The van der Waals surface area contributed by atoms with Crippen molar-refractivity contribution in [1.29, 1.82) is 0 Å². The number of hydrogen-bond acceptors (Lipinski definition) is 4. The average molecular weight is 415 g/mol. The second kappa shape index (κ2) is 9.93. The zero-order valence-electron chi connectivity index (χ0n) is 14.0.